The molecule has 2 fully saturated rings. The number of ketones is 2. The minimum Gasteiger partial charge on any atom is -0.396 e. The summed E-state index contributed by atoms with van der Waals surface area (Å²) in [6, 6.07) is 21.5. The summed E-state index contributed by atoms with van der Waals surface area (Å²) in [5.41, 5.74) is 1.97. The van der Waals surface area contributed by atoms with E-state index in [1.165, 1.54) is 74.2 Å². The van der Waals surface area contributed by atoms with Gasteiger partial charge in [0.2, 0.25) is 22.2 Å². The third-order valence-electron chi connectivity index (χ3n) is 14.6. The van der Waals surface area contributed by atoms with Crippen molar-refractivity contribution in [3.63, 3.8) is 0 Å². The lowest BCUT2D eigenvalue weighted by molar-refractivity contribution is -0.120. The minimum atomic E-state index is -4.75. The second kappa shape index (κ2) is 32.6. The lowest BCUT2D eigenvalue weighted by Gasteiger charge is -2.27. The van der Waals surface area contributed by atoms with E-state index in [1.807, 2.05) is 61.8 Å². The van der Waals surface area contributed by atoms with Gasteiger partial charge >= 0.3 is 0 Å². The number of carbonyl (C=O) groups is 4. The van der Waals surface area contributed by atoms with Gasteiger partial charge in [-0.2, -0.15) is 41.8 Å². The maximum absolute atomic E-state index is 13.8. The summed E-state index contributed by atoms with van der Waals surface area (Å²) in [5, 5.41) is 40.7. The van der Waals surface area contributed by atoms with Crippen LogP contribution in [-0.4, -0.2) is 170 Å². The summed E-state index contributed by atoms with van der Waals surface area (Å²) in [6.45, 7) is 16.1. The number of aliphatic hydroxyl groups is 1. The highest BCUT2D eigenvalue weighted by Gasteiger charge is 2.28. The quantitative estimate of drug-likeness (QED) is 0.00572. The molecule has 2 aliphatic rings. The Labute approximate surface area is 565 Å². The molecule has 96 heavy (non-hydrogen) atoms. The first-order valence-corrected chi connectivity index (χ1v) is 35.6. The number of morpholine rings is 2. The van der Waals surface area contributed by atoms with Crippen LogP contribution in [0.5, 0.6) is 0 Å². The zero-order chi connectivity index (χ0) is 68.7. The summed E-state index contributed by atoms with van der Waals surface area (Å²) in [5.74, 6) is -2.01. The summed E-state index contributed by atoms with van der Waals surface area (Å²) < 4.78 is 79.7. The van der Waals surface area contributed by atoms with E-state index in [0.29, 0.717) is 123 Å². The second-order valence-electron chi connectivity index (χ2n) is 20.9. The summed E-state index contributed by atoms with van der Waals surface area (Å²) >= 11 is 3.26. The SMILES string of the molecule is CCN(CC)c1ccc(N=Nc2nc(N3CCOCC3)c(/C=C(/C(C)=O)C(=O)Nc3ccccc3S(=O)(=O)O)s2)c(Nc2nc(Nc3cc(N(CC)CC)ccc3N=Nc3nc(N4CCOCC4)c(/C=C(\C(C)=O)C(=O)Nc4ccccc4S(=O)(=O)O)s3)nc(SCCO)n2)c1. The number of ether oxygens (including phenoxy) is 2. The molecule has 0 radical (unpaired) electrons. The van der Waals surface area contributed by atoms with Crippen LogP contribution in [0.2, 0.25) is 0 Å². The van der Waals surface area contributed by atoms with Crippen LogP contribution >= 0.6 is 34.4 Å². The van der Waals surface area contributed by atoms with Crippen molar-refractivity contribution in [1.82, 2.24) is 24.9 Å². The van der Waals surface area contributed by atoms with E-state index in [0.717, 1.165) is 46.2 Å². The number of anilines is 10. The fourth-order valence-electron chi connectivity index (χ4n) is 9.88. The number of Topliss-reactive ketones (excluding diaryl/α,β-unsaturated/α-hetero) is 2. The van der Waals surface area contributed by atoms with Gasteiger partial charge < -0.3 is 55.4 Å². The Morgan fingerprint density at radius 3 is 1.33 bits per heavy atom. The maximum Gasteiger partial charge on any atom is 0.296 e. The van der Waals surface area contributed by atoms with Crippen molar-refractivity contribution in [3.8, 4) is 0 Å². The first-order valence-electron chi connectivity index (χ1n) is 30.1. The Bertz CT molecular complexity index is 4110. The number of thiazole rings is 2. The standard InChI is InChI=1S/C61H69N17O13S5/c1-7-75(8-2)39-19-21-43(71-73-60-66-53(77-23-28-90-29-24-77)49(93-60)35-41(37(5)80)55(82)62-45-15-11-13-17-51(45)95(84,85)86)47(33-39)64-57-68-58(70-59(69-57)92-32-27-79)65-48-34-40(76(9-3)10-4)20-22-44(48)72-74-61-67-54(78-25-30-91-31-26-78)50(94-61)36-42(38(6)81)56(83)63-46-16-12-14-18-52(46)96(87,88)89/h11-22,33-36,79H,7-10,23-32H2,1-6H3,(H,62,82)(H,63,83)(H,84,85,86)(H,87,88,89)(H2,64,65,68,69,70)/b41-35-,42-36+,73-71?,74-72?. The van der Waals surface area contributed by atoms with Gasteiger partial charge in [0, 0.05) is 69.5 Å². The molecule has 0 atom stereocenters. The molecule has 4 aromatic carbocycles. The van der Waals surface area contributed by atoms with Crippen molar-refractivity contribution in [3.05, 3.63) is 106 Å². The summed E-state index contributed by atoms with van der Waals surface area (Å²) in [4.78, 5) is 85.7. The number of azo groups is 2. The molecule has 2 aliphatic heterocycles. The van der Waals surface area contributed by atoms with Crippen molar-refractivity contribution >= 4 is 169 Å². The molecule has 0 bridgehead atoms. The highest BCUT2D eigenvalue weighted by molar-refractivity contribution is 7.99. The van der Waals surface area contributed by atoms with Crippen molar-refractivity contribution in [2.24, 2.45) is 20.5 Å². The molecule has 35 heteroatoms. The summed E-state index contributed by atoms with van der Waals surface area (Å²) in [6.07, 6.45) is 2.71. The number of nitrogens with zero attached hydrogens (tertiary/aromatic N) is 13. The lowest BCUT2D eigenvalue weighted by atomic mass is 10.1. The van der Waals surface area contributed by atoms with Crippen LogP contribution in [0.3, 0.4) is 0 Å². The maximum atomic E-state index is 13.8. The molecule has 2 amide bonds. The zero-order valence-corrected chi connectivity index (χ0v) is 57.0. The van der Waals surface area contributed by atoms with Crippen LogP contribution in [0.1, 0.15) is 51.3 Å². The van der Waals surface area contributed by atoms with Gasteiger partial charge in [-0.15, -0.1) is 20.5 Å². The Morgan fingerprint density at radius 1 is 0.573 bits per heavy atom. The number of carbonyl (C=O) groups excluding carboxylic acids is 4. The number of aromatic nitrogens is 5. The van der Waals surface area contributed by atoms with E-state index in [1.54, 1.807) is 12.1 Å². The molecule has 0 saturated carbocycles. The van der Waals surface area contributed by atoms with E-state index in [2.05, 4.69) is 51.5 Å². The van der Waals surface area contributed by atoms with Gasteiger partial charge in [0.25, 0.3) is 32.1 Å². The van der Waals surface area contributed by atoms with Crippen LogP contribution in [0, 0.1) is 0 Å². The lowest BCUT2D eigenvalue weighted by Crippen LogP contribution is -2.36. The number of para-hydroxylation sites is 2. The number of nitrogens with one attached hydrogen (secondary N) is 4. The van der Waals surface area contributed by atoms with Gasteiger partial charge in [-0.1, -0.05) is 58.7 Å². The van der Waals surface area contributed by atoms with Crippen molar-refractivity contribution in [2.75, 3.05) is 132 Å². The molecule has 0 spiro atoms. The average Bonchev–Trinajstić information content (AvgIpc) is 1.73. The van der Waals surface area contributed by atoms with Crippen LogP contribution in [0.4, 0.5) is 79.3 Å². The van der Waals surface area contributed by atoms with E-state index >= 15 is 0 Å². The van der Waals surface area contributed by atoms with Gasteiger partial charge in [0.1, 0.15) is 32.8 Å². The third kappa shape index (κ3) is 18.3. The van der Waals surface area contributed by atoms with Crippen molar-refractivity contribution in [2.45, 2.75) is 56.5 Å². The smallest absolute Gasteiger partial charge is 0.296 e. The monoisotopic (exact) mass is 1410 g/mol. The van der Waals surface area contributed by atoms with Crippen molar-refractivity contribution in [1.29, 1.82) is 0 Å². The topological polar surface area (TPSA) is 391 Å². The molecule has 0 unspecified atom stereocenters. The predicted octanol–water partition coefficient (Wildman–Crippen LogP) is 10.3. The molecule has 0 aliphatic carbocycles. The number of thioether (sulfide) groups is 1. The summed E-state index contributed by atoms with van der Waals surface area (Å²) in [7, 11) is -9.50. The Balaban J connectivity index is 1.07. The van der Waals surface area contributed by atoms with Crippen LogP contribution in [0.15, 0.2) is 131 Å². The highest BCUT2D eigenvalue weighted by Crippen LogP contribution is 2.41. The number of amides is 2. The van der Waals surface area contributed by atoms with Gasteiger partial charge in [-0.05, 0) is 114 Å². The fraction of sp³-hybridized carbons (Fsp3) is 0.328. The number of rotatable bonds is 29. The third-order valence-corrected chi connectivity index (χ3v) is 19.0. The molecule has 7 N–H and O–H groups in total. The first kappa shape index (κ1) is 71.3. The zero-order valence-electron chi connectivity index (χ0n) is 52.9. The van der Waals surface area contributed by atoms with Crippen LogP contribution in [0.25, 0.3) is 12.2 Å². The number of aliphatic hydroxyl groups excluding tert-OH is 1. The Kier molecular flexibility index (Phi) is 24.2. The molecule has 9 rings (SSSR count). The number of hydrogen-bond acceptors (Lipinski definition) is 29. The number of hydrogen-bond donors (Lipinski definition) is 7. The molecular weight excluding hydrogens is 1340 g/mol. The fourth-order valence-corrected chi connectivity index (χ4v) is 13.5. The first-order chi connectivity index (χ1) is 46.1. The molecule has 506 valence electrons. The Morgan fingerprint density at radius 2 is 0.969 bits per heavy atom. The molecule has 5 heterocycles. The normalized spacial score (nSPS) is 14.1. The minimum absolute atomic E-state index is 0.0648. The molecule has 30 nitrogen and oxygen atoms in total. The van der Waals surface area contributed by atoms with E-state index in [9.17, 15) is 50.2 Å². The second-order valence-corrected chi connectivity index (χ2v) is 26.7. The Hall–Kier alpha value is -9.04. The molecule has 2 saturated heterocycles. The van der Waals surface area contributed by atoms with E-state index in [4.69, 9.17) is 34.4 Å². The molecule has 3 aromatic heterocycles. The van der Waals surface area contributed by atoms with Gasteiger partial charge in [0.15, 0.2) is 16.7 Å². The van der Waals surface area contributed by atoms with Crippen LogP contribution < -0.4 is 40.9 Å². The van der Waals surface area contributed by atoms with Crippen molar-refractivity contribution < 1.29 is 59.7 Å². The highest BCUT2D eigenvalue weighted by atomic mass is 32.2. The van der Waals surface area contributed by atoms with E-state index in [-0.39, 0.29) is 62.2 Å². The largest absolute Gasteiger partial charge is 0.396 e. The van der Waals surface area contributed by atoms with E-state index < -0.39 is 53.4 Å². The number of benzene rings is 4. The van der Waals surface area contributed by atoms with Crippen LogP contribution in [-0.2, 0) is 48.9 Å². The average molecular weight is 1410 g/mol. The predicted molar refractivity (Wildman–Crippen MR) is 370 cm³/mol. The molecule has 7 aromatic rings. The van der Waals surface area contributed by atoms with Gasteiger partial charge in [-0.25, -0.2) is 0 Å². The van der Waals surface area contributed by atoms with Gasteiger partial charge in [0.05, 0.1) is 76.7 Å². The van der Waals surface area contributed by atoms with Gasteiger partial charge in [-0.3, -0.25) is 28.3 Å². The molecular formula is C61H69N17O13S5.